The van der Waals surface area contributed by atoms with Gasteiger partial charge in [-0.1, -0.05) is 129 Å². The number of fused-ring (bicyclic) bond motifs is 1. The number of unbranched alkanes of at least 4 members (excludes halogenated alkanes) is 18. The van der Waals surface area contributed by atoms with Gasteiger partial charge in [-0.3, -0.25) is 9.59 Å². The summed E-state index contributed by atoms with van der Waals surface area (Å²) in [6.07, 6.45) is 25.4. The molecule has 316 valence electrons. The Balaban J connectivity index is 1.48. The van der Waals surface area contributed by atoms with E-state index in [-0.39, 0.29) is 37.2 Å². The highest BCUT2D eigenvalue weighted by molar-refractivity contribution is 5.97. The van der Waals surface area contributed by atoms with Gasteiger partial charge in [0.2, 0.25) is 5.95 Å². The Hall–Kier alpha value is -4.55. The number of nitrogens with zero attached hydrogens (tertiary/aromatic N) is 5. The van der Waals surface area contributed by atoms with Gasteiger partial charge in [0.1, 0.15) is 6.04 Å². The number of esters is 2. The Kier molecular flexibility index (Phi) is 23.0. The molecular formula is C44H70N8O5. The standard InChI is InChI=1S/C44H70N8O5/c1-4-6-8-10-12-14-16-18-20-22-30-56-38(53)29-28-37(43(55)57-31-23-21-19-17-15-13-11-9-7-5-2)49-42(54)34-24-26-36(27-25-34)52(3)33-35-32-47-41-39(48-35)40(45)50-44(46)51-41/h24-27,32,37H,4-23,28-31,33H2,1-3H3,(H,49,54)(H4,45,46,47,50,51). The van der Waals surface area contributed by atoms with Crippen LogP contribution in [-0.2, 0) is 25.6 Å². The van der Waals surface area contributed by atoms with Crippen molar-refractivity contribution in [2.45, 2.75) is 168 Å². The molecule has 5 N–H and O–H groups in total. The van der Waals surface area contributed by atoms with Crippen molar-refractivity contribution < 1.29 is 23.9 Å². The van der Waals surface area contributed by atoms with Crippen LogP contribution in [0.25, 0.3) is 11.2 Å². The fourth-order valence-electron chi connectivity index (χ4n) is 6.72. The third kappa shape index (κ3) is 19.0. The van der Waals surface area contributed by atoms with Crippen molar-refractivity contribution in [1.82, 2.24) is 25.3 Å². The molecule has 57 heavy (non-hydrogen) atoms. The number of nitrogens with one attached hydrogen (secondary N) is 1. The molecular weight excluding hydrogens is 721 g/mol. The lowest BCUT2D eigenvalue weighted by molar-refractivity contribution is -0.147. The fourth-order valence-corrected chi connectivity index (χ4v) is 6.72. The molecule has 2 aromatic heterocycles. The number of aromatic nitrogens is 4. The van der Waals surface area contributed by atoms with E-state index in [0.717, 1.165) is 44.2 Å². The normalized spacial score (nSPS) is 11.7. The van der Waals surface area contributed by atoms with E-state index >= 15 is 0 Å². The highest BCUT2D eigenvalue weighted by Crippen LogP contribution is 2.20. The molecule has 3 aromatic rings. The molecule has 0 bridgehead atoms. The van der Waals surface area contributed by atoms with Gasteiger partial charge in [-0.2, -0.15) is 9.97 Å². The first-order valence-corrected chi connectivity index (χ1v) is 21.7. The van der Waals surface area contributed by atoms with Crippen molar-refractivity contribution in [3.8, 4) is 0 Å². The number of ether oxygens (including phenoxy) is 2. The summed E-state index contributed by atoms with van der Waals surface area (Å²) in [6, 6.07) is 6.02. The number of hydrogen-bond donors (Lipinski definition) is 3. The van der Waals surface area contributed by atoms with E-state index in [0.29, 0.717) is 35.6 Å². The summed E-state index contributed by atoms with van der Waals surface area (Å²) in [4.78, 5) is 58.2. The topological polar surface area (TPSA) is 189 Å². The van der Waals surface area contributed by atoms with Gasteiger partial charge < -0.3 is 31.2 Å². The average Bonchev–Trinajstić information content (AvgIpc) is 3.20. The van der Waals surface area contributed by atoms with Gasteiger partial charge in [0, 0.05) is 24.7 Å². The largest absolute Gasteiger partial charge is 0.466 e. The number of rotatable bonds is 31. The number of anilines is 3. The van der Waals surface area contributed by atoms with Gasteiger partial charge >= 0.3 is 11.9 Å². The number of amides is 1. The Morgan fingerprint density at radius 1 is 0.702 bits per heavy atom. The van der Waals surface area contributed by atoms with Crippen LogP contribution in [0.3, 0.4) is 0 Å². The highest BCUT2D eigenvalue weighted by Gasteiger charge is 2.24. The molecule has 13 heteroatoms. The minimum absolute atomic E-state index is 0.00260. The lowest BCUT2D eigenvalue weighted by Gasteiger charge is -2.20. The summed E-state index contributed by atoms with van der Waals surface area (Å²) in [7, 11) is 1.89. The maximum Gasteiger partial charge on any atom is 0.328 e. The zero-order valence-electron chi connectivity index (χ0n) is 35.1. The van der Waals surface area contributed by atoms with E-state index in [1.165, 1.54) is 89.9 Å². The van der Waals surface area contributed by atoms with Crippen LogP contribution in [0.5, 0.6) is 0 Å². The molecule has 3 rings (SSSR count). The minimum Gasteiger partial charge on any atom is -0.466 e. The van der Waals surface area contributed by atoms with Crippen LogP contribution in [0.4, 0.5) is 17.5 Å². The molecule has 0 aliphatic heterocycles. The fraction of sp³-hybridized carbons (Fsp3) is 0.659. The Bertz CT molecular complexity index is 1610. The highest BCUT2D eigenvalue weighted by atomic mass is 16.5. The smallest absolute Gasteiger partial charge is 0.328 e. The SMILES string of the molecule is CCCCCCCCCCCCOC(=O)CCC(NC(=O)c1ccc(N(C)Cc2cnc3nc(N)nc(N)c3n2)cc1)C(=O)OCCCCCCCCCCCC. The molecule has 0 spiro atoms. The number of nitrogen functional groups attached to an aromatic ring is 2. The van der Waals surface area contributed by atoms with E-state index in [2.05, 4.69) is 39.1 Å². The second kappa shape index (κ2) is 27.9. The van der Waals surface area contributed by atoms with Gasteiger partial charge in [-0.25, -0.2) is 14.8 Å². The van der Waals surface area contributed by atoms with Crippen molar-refractivity contribution >= 4 is 46.5 Å². The van der Waals surface area contributed by atoms with Gasteiger partial charge in [0.15, 0.2) is 17.0 Å². The first kappa shape index (κ1) is 46.8. The molecule has 13 nitrogen and oxygen atoms in total. The second-order valence-electron chi connectivity index (χ2n) is 15.2. The maximum absolute atomic E-state index is 13.4. The van der Waals surface area contributed by atoms with Crippen LogP contribution in [0.1, 0.15) is 171 Å². The molecule has 0 fully saturated rings. The van der Waals surface area contributed by atoms with Crippen molar-refractivity contribution in [1.29, 1.82) is 0 Å². The van der Waals surface area contributed by atoms with Gasteiger partial charge in [-0.15, -0.1) is 0 Å². The maximum atomic E-state index is 13.4. The first-order valence-electron chi connectivity index (χ1n) is 21.7. The molecule has 1 aromatic carbocycles. The Morgan fingerprint density at radius 2 is 1.23 bits per heavy atom. The monoisotopic (exact) mass is 791 g/mol. The van der Waals surface area contributed by atoms with Crippen LogP contribution in [-0.4, -0.2) is 64.1 Å². The molecule has 0 aliphatic rings. The minimum atomic E-state index is -0.980. The second-order valence-corrected chi connectivity index (χ2v) is 15.2. The zero-order valence-corrected chi connectivity index (χ0v) is 35.1. The van der Waals surface area contributed by atoms with Crippen LogP contribution in [0.15, 0.2) is 30.5 Å². The number of hydrogen-bond acceptors (Lipinski definition) is 12. The molecule has 1 amide bonds. The number of benzene rings is 1. The van der Waals surface area contributed by atoms with Crippen LogP contribution < -0.4 is 21.7 Å². The van der Waals surface area contributed by atoms with Crippen molar-refractivity contribution in [2.75, 3.05) is 36.6 Å². The van der Waals surface area contributed by atoms with Gasteiger partial charge in [0.05, 0.1) is 31.6 Å². The average molecular weight is 791 g/mol. The van der Waals surface area contributed by atoms with Crippen molar-refractivity contribution in [3.05, 3.63) is 41.7 Å². The summed E-state index contributed by atoms with van der Waals surface area (Å²) >= 11 is 0. The third-order valence-corrected chi connectivity index (χ3v) is 10.2. The van der Waals surface area contributed by atoms with Gasteiger partial charge in [-0.05, 0) is 43.5 Å². The van der Waals surface area contributed by atoms with Crippen LogP contribution in [0.2, 0.25) is 0 Å². The lowest BCUT2D eigenvalue weighted by atomic mass is 10.1. The zero-order chi connectivity index (χ0) is 41.1. The first-order chi connectivity index (χ1) is 27.7. The summed E-state index contributed by atoms with van der Waals surface area (Å²) < 4.78 is 11.1. The van der Waals surface area contributed by atoms with E-state index in [9.17, 15) is 14.4 Å². The summed E-state index contributed by atoms with van der Waals surface area (Å²) in [5.74, 6) is -1.15. The predicted octanol–water partition coefficient (Wildman–Crippen LogP) is 9.03. The molecule has 1 atom stereocenters. The molecule has 0 saturated heterocycles. The van der Waals surface area contributed by atoms with Crippen LogP contribution in [0, 0.1) is 0 Å². The molecule has 0 aliphatic carbocycles. The van der Waals surface area contributed by atoms with Gasteiger partial charge in [0.25, 0.3) is 5.91 Å². The predicted molar refractivity (Wildman–Crippen MR) is 229 cm³/mol. The van der Waals surface area contributed by atoms with E-state index in [4.69, 9.17) is 20.9 Å². The van der Waals surface area contributed by atoms with Crippen molar-refractivity contribution in [2.24, 2.45) is 0 Å². The third-order valence-electron chi connectivity index (χ3n) is 10.2. The van der Waals surface area contributed by atoms with E-state index < -0.39 is 17.9 Å². The van der Waals surface area contributed by atoms with E-state index in [1.54, 1.807) is 18.3 Å². The molecule has 1 unspecified atom stereocenters. The number of nitrogens with two attached hydrogens (primary N) is 2. The summed E-state index contributed by atoms with van der Waals surface area (Å²) in [6.45, 7) is 5.51. The molecule has 0 saturated carbocycles. The molecule has 2 heterocycles. The van der Waals surface area contributed by atoms with Crippen molar-refractivity contribution in [3.63, 3.8) is 0 Å². The van der Waals surface area contributed by atoms with E-state index in [1.807, 2.05) is 24.1 Å². The lowest BCUT2D eigenvalue weighted by Crippen LogP contribution is -2.42. The number of carbonyl (C=O) groups excluding carboxylic acids is 3. The Morgan fingerprint density at radius 3 is 1.79 bits per heavy atom. The summed E-state index contributed by atoms with van der Waals surface area (Å²) in [5.41, 5.74) is 14.2. The quantitative estimate of drug-likeness (QED) is 0.0415. The summed E-state index contributed by atoms with van der Waals surface area (Å²) in [5, 5.41) is 2.82. The van der Waals surface area contributed by atoms with Crippen LogP contribution >= 0.6 is 0 Å². The number of carbonyl (C=O) groups is 3. The Labute approximate surface area is 340 Å². The molecule has 0 radical (unpaired) electrons.